The summed E-state index contributed by atoms with van der Waals surface area (Å²) in [6, 6.07) is 8.05. The van der Waals surface area contributed by atoms with E-state index >= 15 is 0 Å². The fraction of sp³-hybridized carbons (Fsp3) is 0.278. The molecule has 2 rings (SSSR count). The topological polar surface area (TPSA) is 75.7 Å². The van der Waals surface area contributed by atoms with Crippen LogP contribution in [0.3, 0.4) is 0 Å². The molecule has 0 aliphatic carbocycles. The summed E-state index contributed by atoms with van der Waals surface area (Å²) in [7, 11) is 0. The Morgan fingerprint density at radius 3 is 2.54 bits per heavy atom. The van der Waals surface area contributed by atoms with Crippen LogP contribution in [0.2, 0.25) is 0 Å². The normalized spacial score (nSPS) is 17.9. The molecule has 1 atom stereocenters. The predicted molar refractivity (Wildman–Crippen MR) is 89.6 cm³/mol. The van der Waals surface area contributed by atoms with Crippen LogP contribution >= 0.6 is 0 Å². The first-order chi connectivity index (χ1) is 11.5. The maximum Gasteiger partial charge on any atom is 0.338 e. The third-order valence-electron chi connectivity index (χ3n) is 3.60. The van der Waals surface area contributed by atoms with Crippen LogP contribution in [-0.4, -0.2) is 35.5 Å². The lowest BCUT2D eigenvalue weighted by Crippen LogP contribution is -2.54. The number of allylic oxidation sites excluding steroid dienone is 1. The van der Waals surface area contributed by atoms with Gasteiger partial charge in [0, 0.05) is 12.6 Å². The van der Waals surface area contributed by atoms with Gasteiger partial charge in [-0.2, -0.15) is 0 Å². The van der Waals surface area contributed by atoms with Gasteiger partial charge in [0.2, 0.25) is 5.91 Å². The molecule has 126 valence electrons. The summed E-state index contributed by atoms with van der Waals surface area (Å²) in [6.45, 7) is 4.81. The standard InChI is InChI=1S/C18H20N2O4/c1-4-24-17(22)16-12(2)19-18(23)20(13(3)21)15(16)11-10-14-8-6-5-7-9-14/h5-11,15H,4H2,1-3H3,(H,19,23)/b11-10+. The maximum absolute atomic E-state index is 12.3. The van der Waals surface area contributed by atoms with E-state index in [-0.39, 0.29) is 12.2 Å². The van der Waals surface area contributed by atoms with Gasteiger partial charge < -0.3 is 10.1 Å². The van der Waals surface area contributed by atoms with Crippen LogP contribution in [0.15, 0.2) is 47.7 Å². The fourth-order valence-corrected chi connectivity index (χ4v) is 2.54. The van der Waals surface area contributed by atoms with E-state index in [0.29, 0.717) is 5.70 Å². The monoisotopic (exact) mass is 328 g/mol. The van der Waals surface area contributed by atoms with E-state index in [2.05, 4.69) is 5.32 Å². The Hall–Kier alpha value is -2.89. The van der Waals surface area contributed by atoms with Crippen LogP contribution in [-0.2, 0) is 14.3 Å². The quantitative estimate of drug-likeness (QED) is 0.862. The van der Waals surface area contributed by atoms with E-state index in [1.165, 1.54) is 6.92 Å². The van der Waals surface area contributed by atoms with Crippen LogP contribution in [0.4, 0.5) is 4.79 Å². The number of nitrogens with one attached hydrogen (secondary N) is 1. The highest BCUT2D eigenvalue weighted by Gasteiger charge is 2.38. The number of carbonyl (C=O) groups is 3. The zero-order valence-corrected chi connectivity index (χ0v) is 13.9. The summed E-state index contributed by atoms with van der Waals surface area (Å²) in [5.74, 6) is -1.01. The van der Waals surface area contributed by atoms with E-state index in [9.17, 15) is 14.4 Å². The van der Waals surface area contributed by atoms with E-state index in [1.807, 2.05) is 30.3 Å². The molecule has 1 N–H and O–H groups in total. The Labute approximate surface area is 140 Å². The first-order valence-corrected chi connectivity index (χ1v) is 7.67. The van der Waals surface area contributed by atoms with Gasteiger partial charge in [-0.25, -0.2) is 9.59 Å². The van der Waals surface area contributed by atoms with Gasteiger partial charge in [-0.15, -0.1) is 0 Å². The third kappa shape index (κ3) is 3.71. The first-order valence-electron chi connectivity index (χ1n) is 7.67. The molecule has 0 bridgehead atoms. The number of esters is 1. The van der Waals surface area contributed by atoms with Gasteiger partial charge in [0.15, 0.2) is 0 Å². The highest BCUT2D eigenvalue weighted by Crippen LogP contribution is 2.23. The molecule has 6 heteroatoms. The predicted octanol–water partition coefficient (Wildman–Crippen LogP) is 2.48. The summed E-state index contributed by atoms with van der Waals surface area (Å²) in [5.41, 5.74) is 1.53. The van der Waals surface area contributed by atoms with Gasteiger partial charge in [0.1, 0.15) is 0 Å². The molecular formula is C18H20N2O4. The Morgan fingerprint density at radius 2 is 1.96 bits per heavy atom. The van der Waals surface area contributed by atoms with Crippen molar-refractivity contribution in [2.24, 2.45) is 0 Å². The van der Waals surface area contributed by atoms with Crippen molar-refractivity contribution in [3.8, 4) is 0 Å². The van der Waals surface area contributed by atoms with Crippen LogP contribution in [0, 0.1) is 0 Å². The van der Waals surface area contributed by atoms with Crippen molar-refractivity contribution in [3.63, 3.8) is 0 Å². The summed E-state index contributed by atoms with van der Waals surface area (Å²) in [5, 5.41) is 2.54. The van der Waals surface area contributed by atoms with Crippen molar-refractivity contribution in [3.05, 3.63) is 53.2 Å². The molecule has 1 aromatic carbocycles. The molecule has 0 radical (unpaired) electrons. The number of nitrogens with zero attached hydrogens (tertiary/aromatic N) is 1. The van der Waals surface area contributed by atoms with Crippen molar-refractivity contribution in [1.29, 1.82) is 0 Å². The Kier molecular flexibility index (Phi) is 5.52. The lowest BCUT2D eigenvalue weighted by molar-refractivity contribution is -0.139. The summed E-state index contributed by atoms with van der Waals surface area (Å²) < 4.78 is 5.08. The Bertz CT molecular complexity index is 707. The smallest absolute Gasteiger partial charge is 0.338 e. The van der Waals surface area contributed by atoms with E-state index in [4.69, 9.17) is 4.74 Å². The number of ether oxygens (including phenoxy) is 1. The van der Waals surface area contributed by atoms with E-state index < -0.39 is 23.9 Å². The number of benzene rings is 1. The van der Waals surface area contributed by atoms with Crippen molar-refractivity contribution in [1.82, 2.24) is 10.2 Å². The third-order valence-corrected chi connectivity index (χ3v) is 3.60. The maximum atomic E-state index is 12.3. The highest BCUT2D eigenvalue weighted by atomic mass is 16.5. The number of imide groups is 1. The molecule has 24 heavy (non-hydrogen) atoms. The second kappa shape index (κ2) is 7.59. The minimum Gasteiger partial charge on any atom is -0.463 e. The average Bonchev–Trinajstić information content (AvgIpc) is 2.53. The molecular weight excluding hydrogens is 308 g/mol. The van der Waals surface area contributed by atoms with Gasteiger partial charge >= 0.3 is 12.0 Å². The van der Waals surface area contributed by atoms with Gasteiger partial charge in [0.25, 0.3) is 0 Å². The van der Waals surface area contributed by atoms with E-state index in [1.54, 1.807) is 26.0 Å². The molecule has 0 saturated carbocycles. The molecule has 1 heterocycles. The van der Waals surface area contributed by atoms with Gasteiger partial charge in [-0.3, -0.25) is 9.69 Å². The number of hydrogen-bond donors (Lipinski definition) is 1. The van der Waals surface area contributed by atoms with Crippen molar-refractivity contribution in [2.45, 2.75) is 26.8 Å². The Morgan fingerprint density at radius 1 is 1.29 bits per heavy atom. The molecule has 1 unspecified atom stereocenters. The Balaban J connectivity index is 2.46. The minimum absolute atomic E-state index is 0.207. The second-order valence-electron chi connectivity index (χ2n) is 5.29. The number of rotatable bonds is 4. The molecule has 6 nitrogen and oxygen atoms in total. The van der Waals surface area contributed by atoms with Crippen molar-refractivity contribution < 1.29 is 19.1 Å². The fourth-order valence-electron chi connectivity index (χ4n) is 2.54. The van der Waals surface area contributed by atoms with Crippen molar-refractivity contribution in [2.75, 3.05) is 6.61 Å². The largest absolute Gasteiger partial charge is 0.463 e. The van der Waals surface area contributed by atoms with E-state index in [0.717, 1.165) is 10.5 Å². The second-order valence-corrected chi connectivity index (χ2v) is 5.29. The summed E-state index contributed by atoms with van der Waals surface area (Å²) in [4.78, 5) is 37.4. The summed E-state index contributed by atoms with van der Waals surface area (Å²) in [6.07, 6.45) is 3.43. The van der Waals surface area contributed by atoms with Crippen molar-refractivity contribution >= 4 is 24.0 Å². The van der Waals surface area contributed by atoms with Gasteiger partial charge in [0.05, 0.1) is 18.2 Å². The zero-order valence-electron chi connectivity index (χ0n) is 13.9. The van der Waals surface area contributed by atoms with Crippen LogP contribution in [0.25, 0.3) is 6.08 Å². The molecule has 1 aliphatic rings. The average molecular weight is 328 g/mol. The molecule has 1 aromatic rings. The number of hydrogen-bond acceptors (Lipinski definition) is 4. The highest BCUT2D eigenvalue weighted by molar-refractivity contribution is 6.02. The molecule has 0 saturated heterocycles. The number of carbonyl (C=O) groups excluding carboxylic acids is 3. The lowest BCUT2D eigenvalue weighted by Gasteiger charge is -2.33. The van der Waals surface area contributed by atoms with Crippen LogP contribution in [0.5, 0.6) is 0 Å². The SMILES string of the molecule is CCOC(=O)C1=C(C)NC(=O)N(C(C)=O)C1/C=C/c1ccccc1. The zero-order chi connectivity index (χ0) is 17.7. The first kappa shape index (κ1) is 17.5. The molecule has 0 spiro atoms. The summed E-state index contributed by atoms with van der Waals surface area (Å²) >= 11 is 0. The molecule has 0 fully saturated rings. The molecule has 3 amide bonds. The van der Waals surface area contributed by atoms with Crippen LogP contribution in [0.1, 0.15) is 26.3 Å². The minimum atomic E-state index is -0.810. The molecule has 1 aliphatic heterocycles. The number of urea groups is 1. The molecule has 0 aromatic heterocycles. The van der Waals surface area contributed by atoms with Crippen LogP contribution < -0.4 is 5.32 Å². The van der Waals surface area contributed by atoms with Gasteiger partial charge in [-0.05, 0) is 19.4 Å². The van der Waals surface area contributed by atoms with Gasteiger partial charge in [-0.1, -0.05) is 42.5 Å². The lowest BCUT2D eigenvalue weighted by atomic mass is 9.99. The number of amides is 3.